The third-order valence-electron chi connectivity index (χ3n) is 4.25. The van der Waals surface area contributed by atoms with Crippen molar-refractivity contribution >= 4 is 17.5 Å². The molecule has 0 fully saturated rings. The molecule has 0 atom stereocenters. The summed E-state index contributed by atoms with van der Waals surface area (Å²) in [5.74, 6) is -0.384. The molecule has 5 nitrogen and oxygen atoms in total. The van der Waals surface area contributed by atoms with Gasteiger partial charge in [0, 0.05) is 19.2 Å². The van der Waals surface area contributed by atoms with Crippen molar-refractivity contribution in [3.05, 3.63) is 65.2 Å². The van der Waals surface area contributed by atoms with Gasteiger partial charge in [-0.05, 0) is 43.1 Å². The van der Waals surface area contributed by atoms with Crippen LogP contribution in [0.15, 0.2) is 48.5 Å². The number of benzene rings is 2. The van der Waals surface area contributed by atoms with Gasteiger partial charge in [0.15, 0.2) is 0 Å². The maximum absolute atomic E-state index is 12.9. The zero-order valence-corrected chi connectivity index (χ0v) is 15.9. The molecule has 0 aliphatic carbocycles. The van der Waals surface area contributed by atoms with Gasteiger partial charge in [-0.25, -0.2) is 0 Å². The third-order valence-corrected chi connectivity index (χ3v) is 4.25. The summed E-state index contributed by atoms with van der Waals surface area (Å²) in [6, 6.07) is 14.4. The molecule has 26 heavy (non-hydrogen) atoms. The number of para-hydroxylation sites is 1. The lowest BCUT2D eigenvalue weighted by Gasteiger charge is -2.29. The molecule has 0 saturated heterocycles. The summed E-state index contributed by atoms with van der Waals surface area (Å²) >= 11 is 0. The van der Waals surface area contributed by atoms with Crippen molar-refractivity contribution in [2.24, 2.45) is 11.1 Å². The number of hydrogen-bond donors (Lipinski definition) is 2. The highest BCUT2D eigenvalue weighted by Crippen LogP contribution is 2.21. The highest BCUT2D eigenvalue weighted by molar-refractivity contribution is 6.09. The molecule has 5 heteroatoms. The zero-order valence-electron chi connectivity index (χ0n) is 15.9. The lowest BCUT2D eigenvalue weighted by atomic mass is 9.93. The van der Waals surface area contributed by atoms with Crippen LogP contribution in [0.2, 0.25) is 0 Å². The molecule has 138 valence electrons. The molecule has 2 rings (SSSR count). The maximum Gasteiger partial charge on any atom is 0.255 e. The average Bonchev–Trinajstić information content (AvgIpc) is 2.61. The van der Waals surface area contributed by atoms with Crippen molar-refractivity contribution in [2.45, 2.75) is 20.8 Å². The second kappa shape index (κ2) is 8.15. The van der Waals surface area contributed by atoms with Gasteiger partial charge >= 0.3 is 0 Å². The van der Waals surface area contributed by atoms with E-state index < -0.39 is 0 Å². The van der Waals surface area contributed by atoms with E-state index >= 15 is 0 Å². The fourth-order valence-electron chi connectivity index (χ4n) is 2.74. The van der Waals surface area contributed by atoms with Gasteiger partial charge in [0.05, 0.1) is 11.3 Å². The van der Waals surface area contributed by atoms with Crippen LogP contribution >= 0.6 is 0 Å². The Kier molecular flexibility index (Phi) is 6.16. The van der Waals surface area contributed by atoms with E-state index in [9.17, 15) is 9.59 Å². The highest BCUT2D eigenvalue weighted by Gasteiger charge is 2.23. The second-order valence-corrected chi connectivity index (χ2v) is 7.40. The Morgan fingerprint density at radius 3 is 2.46 bits per heavy atom. The van der Waals surface area contributed by atoms with Gasteiger partial charge < -0.3 is 16.0 Å². The predicted molar refractivity (Wildman–Crippen MR) is 105 cm³/mol. The molecular weight excluding hydrogens is 326 g/mol. The summed E-state index contributed by atoms with van der Waals surface area (Å²) in [5, 5.41) is 2.86. The van der Waals surface area contributed by atoms with Gasteiger partial charge in [-0.3, -0.25) is 9.59 Å². The molecule has 0 aliphatic heterocycles. The van der Waals surface area contributed by atoms with Crippen molar-refractivity contribution in [1.29, 1.82) is 0 Å². The Bertz CT molecular complexity index is 799. The number of nitrogens with zero attached hydrogens (tertiary/aromatic N) is 1. The Morgan fingerprint density at radius 2 is 1.81 bits per heavy atom. The monoisotopic (exact) mass is 353 g/mol. The van der Waals surface area contributed by atoms with Crippen molar-refractivity contribution < 1.29 is 9.59 Å². The lowest BCUT2D eigenvalue weighted by molar-refractivity contribution is 0.0741. The van der Waals surface area contributed by atoms with E-state index in [2.05, 4.69) is 5.32 Å². The summed E-state index contributed by atoms with van der Waals surface area (Å²) in [7, 11) is 1.75. The van der Waals surface area contributed by atoms with E-state index in [1.165, 1.54) is 0 Å². The van der Waals surface area contributed by atoms with E-state index in [1.807, 2.05) is 39.0 Å². The molecule has 0 saturated carbocycles. The largest absolute Gasteiger partial charge is 0.341 e. The molecule has 0 unspecified atom stereocenters. The first-order chi connectivity index (χ1) is 12.2. The molecule has 0 heterocycles. The van der Waals surface area contributed by atoms with Gasteiger partial charge in [-0.2, -0.15) is 0 Å². The first-order valence-corrected chi connectivity index (χ1v) is 8.66. The van der Waals surface area contributed by atoms with Crippen LogP contribution in [0.3, 0.4) is 0 Å². The summed E-state index contributed by atoms with van der Waals surface area (Å²) < 4.78 is 0. The van der Waals surface area contributed by atoms with Crippen molar-refractivity contribution in [3.8, 4) is 0 Å². The summed E-state index contributed by atoms with van der Waals surface area (Å²) in [5.41, 5.74) is 8.12. The number of carbonyl (C=O) groups is 2. The minimum Gasteiger partial charge on any atom is -0.341 e. The number of nitrogens with two attached hydrogens (primary N) is 1. The van der Waals surface area contributed by atoms with Crippen molar-refractivity contribution in [2.75, 3.05) is 25.5 Å². The Morgan fingerprint density at radius 1 is 1.12 bits per heavy atom. The minimum absolute atomic E-state index is 0.147. The van der Waals surface area contributed by atoms with Crippen LogP contribution in [-0.2, 0) is 0 Å². The smallest absolute Gasteiger partial charge is 0.255 e. The summed E-state index contributed by atoms with van der Waals surface area (Å²) in [4.78, 5) is 27.0. The van der Waals surface area contributed by atoms with Gasteiger partial charge in [0.25, 0.3) is 11.8 Å². The normalized spacial score (nSPS) is 11.1. The van der Waals surface area contributed by atoms with Gasteiger partial charge in [-0.1, -0.05) is 43.7 Å². The number of anilines is 1. The molecule has 0 aliphatic rings. The van der Waals surface area contributed by atoms with Gasteiger partial charge in [-0.15, -0.1) is 0 Å². The SMILES string of the molecule is Cc1cccc(C(=O)Nc2ccccc2C(=O)N(C)CC(C)(C)CN)c1. The number of aryl methyl sites for hydroxylation is 1. The van der Waals surface area contributed by atoms with E-state index in [0.29, 0.717) is 29.9 Å². The fourth-order valence-corrected chi connectivity index (χ4v) is 2.74. The minimum atomic E-state index is -0.237. The molecule has 0 aromatic heterocycles. The zero-order chi connectivity index (χ0) is 19.3. The number of amides is 2. The number of rotatable bonds is 6. The van der Waals surface area contributed by atoms with E-state index in [4.69, 9.17) is 5.73 Å². The van der Waals surface area contributed by atoms with Crippen LogP contribution < -0.4 is 11.1 Å². The number of carbonyl (C=O) groups excluding carboxylic acids is 2. The van der Waals surface area contributed by atoms with Crippen molar-refractivity contribution in [1.82, 2.24) is 4.90 Å². The van der Waals surface area contributed by atoms with Crippen LogP contribution in [-0.4, -0.2) is 36.9 Å². The first-order valence-electron chi connectivity index (χ1n) is 8.66. The van der Waals surface area contributed by atoms with Gasteiger partial charge in [0.1, 0.15) is 0 Å². The fraction of sp³-hybridized carbons (Fsp3) is 0.333. The molecule has 0 radical (unpaired) electrons. The van der Waals surface area contributed by atoms with Crippen LogP contribution in [0.1, 0.15) is 40.1 Å². The summed E-state index contributed by atoms with van der Waals surface area (Å²) in [6.07, 6.45) is 0. The molecular formula is C21H27N3O2. The Labute approximate surface area is 155 Å². The first kappa shape index (κ1) is 19.7. The topological polar surface area (TPSA) is 75.4 Å². The van der Waals surface area contributed by atoms with E-state index in [0.717, 1.165) is 5.56 Å². The van der Waals surface area contributed by atoms with Crippen LogP contribution in [0.5, 0.6) is 0 Å². The Hall–Kier alpha value is -2.66. The lowest BCUT2D eigenvalue weighted by Crippen LogP contribution is -2.40. The number of hydrogen-bond acceptors (Lipinski definition) is 3. The van der Waals surface area contributed by atoms with Crippen molar-refractivity contribution in [3.63, 3.8) is 0 Å². The summed E-state index contributed by atoms with van der Waals surface area (Å²) in [6.45, 7) is 6.98. The maximum atomic E-state index is 12.9. The molecule has 0 spiro atoms. The average molecular weight is 353 g/mol. The van der Waals surface area contributed by atoms with E-state index in [-0.39, 0.29) is 17.2 Å². The number of nitrogens with one attached hydrogen (secondary N) is 1. The molecule has 3 N–H and O–H groups in total. The second-order valence-electron chi connectivity index (χ2n) is 7.40. The highest BCUT2D eigenvalue weighted by atomic mass is 16.2. The van der Waals surface area contributed by atoms with Crippen LogP contribution in [0, 0.1) is 12.3 Å². The van der Waals surface area contributed by atoms with Gasteiger partial charge in [0.2, 0.25) is 0 Å². The van der Waals surface area contributed by atoms with E-state index in [1.54, 1.807) is 42.3 Å². The molecule has 2 aromatic rings. The third kappa shape index (κ3) is 4.92. The standard InChI is InChI=1S/C21H27N3O2/c1-15-8-7-9-16(12-15)19(25)23-18-11-6-5-10-17(18)20(26)24(4)14-21(2,3)13-22/h5-12H,13-14,22H2,1-4H3,(H,23,25). The molecule has 2 amide bonds. The van der Waals surface area contributed by atoms with Crippen LogP contribution in [0.25, 0.3) is 0 Å². The quantitative estimate of drug-likeness (QED) is 0.836. The van der Waals surface area contributed by atoms with Crippen LogP contribution in [0.4, 0.5) is 5.69 Å². The predicted octanol–water partition coefficient (Wildman–Crippen LogP) is 3.30. The Balaban J connectivity index is 2.22. The molecule has 2 aromatic carbocycles. The molecule has 0 bridgehead atoms.